The number of anilines is 1. The number of hydrogen-bond acceptors (Lipinski definition) is 6. The summed E-state index contributed by atoms with van der Waals surface area (Å²) in [6.07, 6.45) is 3.22. The highest BCUT2D eigenvalue weighted by Crippen LogP contribution is 2.34. The zero-order valence-corrected chi connectivity index (χ0v) is 19.3. The first-order chi connectivity index (χ1) is 16.5. The van der Waals surface area contributed by atoms with Gasteiger partial charge in [0.05, 0.1) is 12.0 Å². The van der Waals surface area contributed by atoms with E-state index in [4.69, 9.17) is 9.47 Å². The summed E-state index contributed by atoms with van der Waals surface area (Å²) >= 11 is 0.792. The number of nitrogens with one attached hydrogen (secondary N) is 1. The standard InChI is InChI=1S/C26H22N2O5S/c1-3-13-33-21-12-11-17(14-22(21)32-2)15-23-25(30)28(26(31)34-23)16-24(29)27-20-10-6-8-18-7-4-5-9-19(18)20/h3-12,14-15H,1,13,16H2,2H3,(H,27,29)/b23-15+. The lowest BCUT2D eigenvalue weighted by Crippen LogP contribution is -2.36. The molecule has 1 N–H and O–H groups in total. The molecule has 172 valence electrons. The number of imide groups is 1. The van der Waals surface area contributed by atoms with Crippen molar-refractivity contribution in [3.8, 4) is 11.5 Å². The molecule has 0 aliphatic carbocycles. The van der Waals surface area contributed by atoms with E-state index in [0.29, 0.717) is 29.4 Å². The largest absolute Gasteiger partial charge is 0.493 e. The summed E-state index contributed by atoms with van der Waals surface area (Å²) in [4.78, 5) is 39.1. The van der Waals surface area contributed by atoms with Crippen LogP contribution in [0.4, 0.5) is 10.5 Å². The smallest absolute Gasteiger partial charge is 0.294 e. The summed E-state index contributed by atoms with van der Waals surface area (Å²) in [7, 11) is 1.52. The van der Waals surface area contributed by atoms with Crippen LogP contribution in [0.1, 0.15) is 5.56 Å². The molecule has 7 nitrogen and oxygen atoms in total. The molecular formula is C26H22N2O5S. The Hall–Kier alpha value is -4.04. The monoisotopic (exact) mass is 474 g/mol. The van der Waals surface area contributed by atoms with Crippen LogP contribution < -0.4 is 14.8 Å². The van der Waals surface area contributed by atoms with Gasteiger partial charge in [0.1, 0.15) is 13.2 Å². The average molecular weight is 475 g/mol. The van der Waals surface area contributed by atoms with Crippen LogP contribution in [0.3, 0.4) is 0 Å². The fourth-order valence-electron chi connectivity index (χ4n) is 3.50. The lowest BCUT2D eigenvalue weighted by atomic mass is 10.1. The first-order valence-corrected chi connectivity index (χ1v) is 11.3. The molecule has 34 heavy (non-hydrogen) atoms. The van der Waals surface area contributed by atoms with Crippen molar-refractivity contribution in [3.05, 3.63) is 83.8 Å². The molecule has 0 bridgehead atoms. The average Bonchev–Trinajstić information content (AvgIpc) is 3.10. The molecule has 0 atom stereocenters. The Balaban J connectivity index is 1.47. The van der Waals surface area contributed by atoms with Gasteiger partial charge in [-0.25, -0.2) is 0 Å². The van der Waals surface area contributed by atoms with Crippen molar-refractivity contribution in [1.29, 1.82) is 0 Å². The number of ether oxygens (including phenoxy) is 2. The Morgan fingerprint density at radius 3 is 2.68 bits per heavy atom. The lowest BCUT2D eigenvalue weighted by molar-refractivity contribution is -0.127. The van der Waals surface area contributed by atoms with E-state index in [0.717, 1.165) is 27.4 Å². The SMILES string of the molecule is C=CCOc1ccc(/C=C2/SC(=O)N(CC(=O)Nc3cccc4ccccc34)C2=O)cc1OC. The summed E-state index contributed by atoms with van der Waals surface area (Å²) in [6, 6.07) is 18.4. The van der Waals surface area contributed by atoms with Crippen molar-refractivity contribution in [2.75, 3.05) is 25.6 Å². The molecule has 0 spiro atoms. The Labute approximate surface area is 201 Å². The number of carbonyl (C=O) groups is 3. The predicted octanol–water partition coefficient (Wildman–Crippen LogP) is 5.09. The Morgan fingerprint density at radius 1 is 1.09 bits per heavy atom. The summed E-state index contributed by atoms with van der Waals surface area (Å²) in [5, 5.41) is 4.16. The van der Waals surface area contributed by atoms with Gasteiger partial charge in [0.15, 0.2) is 11.5 Å². The number of fused-ring (bicyclic) bond motifs is 1. The van der Waals surface area contributed by atoms with Crippen molar-refractivity contribution < 1.29 is 23.9 Å². The second-order valence-corrected chi connectivity index (χ2v) is 8.35. The zero-order valence-electron chi connectivity index (χ0n) is 18.4. The number of rotatable bonds is 8. The summed E-state index contributed by atoms with van der Waals surface area (Å²) in [5.74, 6) is 0.0568. The normalized spacial score (nSPS) is 14.5. The van der Waals surface area contributed by atoms with Crippen LogP contribution in [0.25, 0.3) is 16.8 Å². The maximum Gasteiger partial charge on any atom is 0.294 e. The third-order valence-corrected chi connectivity index (χ3v) is 5.99. The van der Waals surface area contributed by atoms with Gasteiger partial charge in [-0.2, -0.15) is 0 Å². The van der Waals surface area contributed by atoms with E-state index in [2.05, 4.69) is 11.9 Å². The quantitative estimate of drug-likeness (QED) is 0.362. The van der Waals surface area contributed by atoms with Crippen LogP contribution in [0, 0.1) is 0 Å². The van der Waals surface area contributed by atoms with Crippen LogP contribution in [0.2, 0.25) is 0 Å². The third-order valence-electron chi connectivity index (χ3n) is 5.08. The van der Waals surface area contributed by atoms with Gasteiger partial charge in [0, 0.05) is 11.1 Å². The minimum Gasteiger partial charge on any atom is -0.493 e. The molecule has 1 aliphatic heterocycles. The number of amides is 3. The van der Waals surface area contributed by atoms with Crippen molar-refractivity contribution in [3.63, 3.8) is 0 Å². The van der Waals surface area contributed by atoms with Crippen LogP contribution in [-0.4, -0.2) is 42.2 Å². The molecule has 3 aromatic carbocycles. The zero-order chi connectivity index (χ0) is 24.1. The summed E-state index contributed by atoms with van der Waals surface area (Å²) in [6.45, 7) is 3.57. The van der Waals surface area contributed by atoms with Gasteiger partial charge in [-0.3, -0.25) is 19.3 Å². The topological polar surface area (TPSA) is 84.9 Å². The number of nitrogens with zero attached hydrogens (tertiary/aromatic N) is 1. The van der Waals surface area contributed by atoms with Crippen LogP contribution in [-0.2, 0) is 9.59 Å². The van der Waals surface area contributed by atoms with Gasteiger partial charge in [0.25, 0.3) is 11.1 Å². The van der Waals surface area contributed by atoms with E-state index in [1.807, 2.05) is 36.4 Å². The first kappa shape index (κ1) is 23.1. The van der Waals surface area contributed by atoms with E-state index in [1.165, 1.54) is 7.11 Å². The molecule has 3 aromatic rings. The molecule has 3 amide bonds. The minimum absolute atomic E-state index is 0.227. The van der Waals surface area contributed by atoms with E-state index < -0.39 is 17.1 Å². The Bertz CT molecular complexity index is 1310. The number of benzene rings is 3. The third kappa shape index (κ3) is 4.97. The molecule has 0 aromatic heterocycles. The van der Waals surface area contributed by atoms with Crippen molar-refractivity contribution in [1.82, 2.24) is 4.90 Å². The highest BCUT2D eigenvalue weighted by molar-refractivity contribution is 8.18. The van der Waals surface area contributed by atoms with Crippen LogP contribution in [0.15, 0.2) is 78.2 Å². The molecular weight excluding hydrogens is 452 g/mol. The van der Waals surface area contributed by atoms with E-state index in [1.54, 1.807) is 36.4 Å². The maximum atomic E-state index is 12.9. The molecule has 1 heterocycles. The number of carbonyl (C=O) groups excluding carboxylic acids is 3. The highest BCUT2D eigenvalue weighted by atomic mass is 32.2. The Morgan fingerprint density at radius 2 is 1.88 bits per heavy atom. The van der Waals surface area contributed by atoms with Gasteiger partial charge in [-0.1, -0.05) is 55.1 Å². The second-order valence-electron chi connectivity index (χ2n) is 7.35. The van der Waals surface area contributed by atoms with Crippen molar-refractivity contribution >= 4 is 51.4 Å². The number of methoxy groups -OCH3 is 1. The first-order valence-electron chi connectivity index (χ1n) is 10.4. The van der Waals surface area contributed by atoms with Gasteiger partial charge in [0.2, 0.25) is 5.91 Å². The van der Waals surface area contributed by atoms with E-state index in [9.17, 15) is 14.4 Å². The van der Waals surface area contributed by atoms with Gasteiger partial charge in [-0.15, -0.1) is 0 Å². The molecule has 0 unspecified atom stereocenters. The molecule has 1 fully saturated rings. The minimum atomic E-state index is -0.519. The van der Waals surface area contributed by atoms with Crippen LogP contribution >= 0.6 is 11.8 Å². The van der Waals surface area contributed by atoms with Crippen LogP contribution in [0.5, 0.6) is 11.5 Å². The maximum absolute atomic E-state index is 12.9. The molecule has 8 heteroatoms. The molecule has 0 saturated carbocycles. The fourth-order valence-corrected chi connectivity index (χ4v) is 4.34. The Kier molecular flexibility index (Phi) is 6.98. The number of thioether (sulfide) groups is 1. The molecule has 1 saturated heterocycles. The van der Waals surface area contributed by atoms with Gasteiger partial charge >= 0.3 is 0 Å². The van der Waals surface area contributed by atoms with Crippen molar-refractivity contribution in [2.45, 2.75) is 0 Å². The predicted molar refractivity (Wildman–Crippen MR) is 134 cm³/mol. The van der Waals surface area contributed by atoms with Gasteiger partial charge in [-0.05, 0) is 47.0 Å². The molecule has 4 rings (SSSR count). The van der Waals surface area contributed by atoms with E-state index in [-0.39, 0.29) is 11.4 Å². The van der Waals surface area contributed by atoms with Gasteiger partial charge < -0.3 is 14.8 Å². The lowest BCUT2D eigenvalue weighted by Gasteiger charge is -2.13. The molecule has 1 aliphatic rings. The second kappa shape index (κ2) is 10.3. The number of hydrogen-bond donors (Lipinski definition) is 1. The van der Waals surface area contributed by atoms with E-state index >= 15 is 0 Å². The summed E-state index contributed by atoms with van der Waals surface area (Å²) < 4.78 is 10.9. The highest BCUT2D eigenvalue weighted by Gasteiger charge is 2.36. The summed E-state index contributed by atoms with van der Waals surface area (Å²) in [5.41, 5.74) is 1.28. The molecule has 0 radical (unpaired) electrons. The van der Waals surface area contributed by atoms with Crippen molar-refractivity contribution in [2.24, 2.45) is 0 Å². The fraction of sp³-hybridized carbons (Fsp3) is 0.115.